The van der Waals surface area contributed by atoms with Crippen molar-refractivity contribution < 1.29 is 17.9 Å². The van der Waals surface area contributed by atoms with Gasteiger partial charge < -0.3 is 4.74 Å². The number of hydrogen-bond donors (Lipinski definition) is 1. The highest BCUT2D eigenvalue weighted by Gasteiger charge is 2.38. The number of alkyl halides is 3. The van der Waals surface area contributed by atoms with Crippen LogP contribution in [0.2, 0.25) is 5.02 Å². The molecule has 0 aliphatic carbocycles. The van der Waals surface area contributed by atoms with Gasteiger partial charge in [-0.15, -0.1) is 0 Å². The molecule has 1 N–H and O–H groups in total. The van der Waals surface area contributed by atoms with Crippen molar-refractivity contribution in [1.82, 2.24) is 4.98 Å². The molecule has 0 aliphatic rings. The number of halogens is 4. The molecule has 0 unspecified atom stereocenters. The number of thiazole rings is 1. The summed E-state index contributed by atoms with van der Waals surface area (Å²) in [4.78, 5) is 3.65. The van der Waals surface area contributed by atoms with Gasteiger partial charge in [-0.2, -0.15) is 18.3 Å². The van der Waals surface area contributed by atoms with Crippen molar-refractivity contribution in [2.75, 3.05) is 12.5 Å². The van der Waals surface area contributed by atoms with E-state index in [9.17, 15) is 13.2 Å². The molecule has 4 nitrogen and oxygen atoms in total. The fourth-order valence-corrected chi connectivity index (χ4v) is 3.31. The number of ether oxygens (including phenoxy) is 1. The van der Waals surface area contributed by atoms with Crippen LogP contribution < -0.4 is 10.2 Å². The maximum absolute atomic E-state index is 13.3. The molecule has 0 aliphatic heterocycles. The van der Waals surface area contributed by atoms with Gasteiger partial charge in [-0.25, -0.2) is 4.98 Å². The molecule has 9 heteroatoms. The number of benzene rings is 2. The van der Waals surface area contributed by atoms with E-state index >= 15 is 0 Å². The van der Waals surface area contributed by atoms with Crippen molar-refractivity contribution in [3.63, 3.8) is 0 Å². The number of aromatic nitrogens is 1. The molecule has 1 aromatic heterocycles. The van der Waals surface area contributed by atoms with Gasteiger partial charge in [0.25, 0.3) is 0 Å². The summed E-state index contributed by atoms with van der Waals surface area (Å²) >= 11 is 6.67. The van der Waals surface area contributed by atoms with Crippen LogP contribution in [0, 0.1) is 0 Å². The third-order valence-corrected chi connectivity index (χ3v) is 4.73. The monoisotopic (exact) mass is 411 g/mol. The molecule has 3 aromatic rings. The SMILES string of the molecule is COc1cccc(/C=N/Nc2nc(C(F)(F)F)c(-c3ccc(Cl)cc3)s2)c1. The number of anilines is 1. The zero-order valence-corrected chi connectivity index (χ0v) is 15.5. The molecule has 0 spiro atoms. The highest BCUT2D eigenvalue weighted by Crippen LogP contribution is 2.42. The lowest BCUT2D eigenvalue weighted by Crippen LogP contribution is -2.07. The van der Waals surface area contributed by atoms with Crippen molar-refractivity contribution in [2.24, 2.45) is 5.10 Å². The molecule has 1 heterocycles. The van der Waals surface area contributed by atoms with Crippen molar-refractivity contribution in [2.45, 2.75) is 6.18 Å². The van der Waals surface area contributed by atoms with Crippen molar-refractivity contribution in [1.29, 1.82) is 0 Å². The molecule has 0 atom stereocenters. The molecule has 0 bridgehead atoms. The van der Waals surface area contributed by atoms with Crippen LogP contribution >= 0.6 is 22.9 Å². The first-order valence-corrected chi connectivity index (χ1v) is 8.83. The summed E-state index contributed by atoms with van der Waals surface area (Å²) in [5.74, 6) is 0.651. The van der Waals surface area contributed by atoms with E-state index < -0.39 is 11.9 Å². The molecule has 0 fully saturated rings. The van der Waals surface area contributed by atoms with E-state index in [1.807, 2.05) is 0 Å². The highest BCUT2D eigenvalue weighted by molar-refractivity contribution is 7.19. The summed E-state index contributed by atoms with van der Waals surface area (Å²) in [7, 11) is 1.54. The Bertz CT molecular complexity index is 955. The van der Waals surface area contributed by atoms with Gasteiger partial charge in [-0.1, -0.05) is 47.2 Å². The first-order chi connectivity index (χ1) is 12.9. The number of hydrogen-bond acceptors (Lipinski definition) is 5. The number of methoxy groups -OCH3 is 1. The third-order valence-electron chi connectivity index (χ3n) is 3.47. The molecule has 140 valence electrons. The Balaban J connectivity index is 1.86. The van der Waals surface area contributed by atoms with Crippen LogP contribution in [0.25, 0.3) is 10.4 Å². The lowest BCUT2D eigenvalue weighted by Gasteiger charge is -2.05. The van der Waals surface area contributed by atoms with Gasteiger partial charge in [0, 0.05) is 5.02 Å². The Morgan fingerprint density at radius 1 is 1.19 bits per heavy atom. The predicted octanol–water partition coefficient (Wildman–Crippen LogP) is 5.94. The molecular formula is C18H13ClF3N3OS. The maximum atomic E-state index is 13.3. The molecular weight excluding hydrogens is 399 g/mol. The highest BCUT2D eigenvalue weighted by atomic mass is 35.5. The molecule has 3 rings (SSSR count). The van der Waals surface area contributed by atoms with E-state index in [2.05, 4.69) is 15.5 Å². The Morgan fingerprint density at radius 2 is 1.93 bits per heavy atom. The van der Waals surface area contributed by atoms with Crippen molar-refractivity contribution in [3.8, 4) is 16.2 Å². The average molecular weight is 412 g/mol. The predicted molar refractivity (Wildman–Crippen MR) is 102 cm³/mol. The fraction of sp³-hybridized carbons (Fsp3) is 0.111. The van der Waals surface area contributed by atoms with Crippen molar-refractivity contribution >= 4 is 34.3 Å². The van der Waals surface area contributed by atoms with Gasteiger partial charge in [0.1, 0.15) is 5.75 Å². The normalized spacial score (nSPS) is 11.7. The summed E-state index contributed by atoms with van der Waals surface area (Å²) in [5, 5.41) is 4.44. The quantitative estimate of drug-likeness (QED) is 0.417. The lowest BCUT2D eigenvalue weighted by molar-refractivity contribution is -0.140. The third kappa shape index (κ3) is 4.78. The number of nitrogens with zero attached hydrogens (tertiary/aromatic N) is 2. The Labute approximate surface area is 162 Å². The van der Waals surface area contributed by atoms with Crippen LogP contribution in [-0.4, -0.2) is 18.3 Å². The Kier molecular flexibility index (Phi) is 5.67. The van der Waals surface area contributed by atoms with Gasteiger partial charge in [0.05, 0.1) is 18.2 Å². The van der Waals surface area contributed by atoms with Gasteiger partial charge in [0.2, 0.25) is 5.13 Å². The van der Waals surface area contributed by atoms with E-state index in [0.29, 0.717) is 16.3 Å². The van der Waals surface area contributed by atoms with Crippen molar-refractivity contribution in [3.05, 3.63) is 64.8 Å². The van der Waals surface area contributed by atoms with E-state index in [1.165, 1.54) is 30.5 Å². The topological polar surface area (TPSA) is 46.5 Å². The van der Waals surface area contributed by atoms with Crippen LogP contribution in [0.4, 0.5) is 18.3 Å². The molecule has 0 saturated heterocycles. The standard InChI is InChI=1S/C18H13ClF3N3OS/c1-26-14-4-2-3-11(9-14)10-23-25-17-24-16(18(20,21)22)15(27-17)12-5-7-13(19)8-6-12/h2-10H,1H3,(H,24,25)/b23-10+. The van der Waals surface area contributed by atoms with Crippen LogP contribution in [0.3, 0.4) is 0 Å². The second kappa shape index (κ2) is 7.98. The minimum atomic E-state index is -4.58. The molecule has 0 saturated carbocycles. The minimum Gasteiger partial charge on any atom is -0.497 e. The van der Waals surface area contributed by atoms with Crippen LogP contribution in [0.15, 0.2) is 53.6 Å². The second-order valence-corrected chi connectivity index (χ2v) is 6.78. The first-order valence-electron chi connectivity index (χ1n) is 7.64. The summed E-state index contributed by atoms with van der Waals surface area (Å²) in [5.41, 5.74) is 2.70. The lowest BCUT2D eigenvalue weighted by atomic mass is 10.1. The van der Waals surface area contributed by atoms with Crippen LogP contribution in [-0.2, 0) is 6.18 Å². The van der Waals surface area contributed by atoms with E-state index in [-0.39, 0.29) is 10.0 Å². The van der Waals surface area contributed by atoms with Gasteiger partial charge in [-0.3, -0.25) is 5.43 Å². The summed E-state index contributed by atoms with van der Waals surface area (Å²) in [6.07, 6.45) is -3.11. The summed E-state index contributed by atoms with van der Waals surface area (Å²) < 4.78 is 45.1. The molecule has 0 radical (unpaired) electrons. The van der Waals surface area contributed by atoms with Crippen LogP contribution in [0.5, 0.6) is 5.75 Å². The Hall–Kier alpha value is -2.58. The summed E-state index contributed by atoms with van der Waals surface area (Å²) in [6, 6.07) is 13.2. The average Bonchev–Trinajstić information content (AvgIpc) is 3.07. The summed E-state index contributed by atoms with van der Waals surface area (Å²) in [6.45, 7) is 0. The molecule has 27 heavy (non-hydrogen) atoms. The van der Waals surface area contributed by atoms with E-state index in [1.54, 1.807) is 31.4 Å². The zero-order valence-electron chi connectivity index (χ0n) is 13.9. The Morgan fingerprint density at radius 3 is 2.59 bits per heavy atom. The first kappa shape index (κ1) is 19.2. The number of hydrazone groups is 1. The minimum absolute atomic E-state index is 0.00162. The molecule has 0 amide bonds. The second-order valence-electron chi connectivity index (χ2n) is 5.35. The van der Waals surface area contributed by atoms with Crippen LogP contribution in [0.1, 0.15) is 11.3 Å². The number of rotatable bonds is 5. The van der Waals surface area contributed by atoms with Gasteiger partial charge >= 0.3 is 6.18 Å². The number of nitrogens with one attached hydrogen (secondary N) is 1. The maximum Gasteiger partial charge on any atom is 0.434 e. The van der Waals surface area contributed by atoms with E-state index in [0.717, 1.165) is 16.9 Å². The zero-order chi connectivity index (χ0) is 19.4. The van der Waals surface area contributed by atoms with Gasteiger partial charge in [0.15, 0.2) is 5.69 Å². The largest absolute Gasteiger partial charge is 0.497 e. The fourth-order valence-electron chi connectivity index (χ4n) is 2.24. The smallest absolute Gasteiger partial charge is 0.434 e. The molecule has 2 aromatic carbocycles. The van der Waals surface area contributed by atoms with Gasteiger partial charge in [-0.05, 0) is 35.4 Å². The van der Waals surface area contributed by atoms with E-state index in [4.69, 9.17) is 16.3 Å².